The Balaban J connectivity index is 3.49. The maximum atomic E-state index is 12.2. The number of rotatable bonds is 39. The Morgan fingerprint density at radius 2 is 0.755 bits per heavy atom. The SMILES string of the molecule is CCCCC/C=C\CCCCCCCC(=O)OCC(CO)OC(=O)CCCCCCCCCCCCC/C=C\CCCCCCCCCC. The molecule has 1 unspecified atom stereocenters. The molecule has 0 heterocycles. The zero-order chi connectivity index (χ0) is 35.7. The highest BCUT2D eigenvalue weighted by Gasteiger charge is 2.16. The van der Waals surface area contributed by atoms with Crippen LogP contribution in [0.1, 0.15) is 226 Å². The van der Waals surface area contributed by atoms with Gasteiger partial charge in [0.05, 0.1) is 6.61 Å². The van der Waals surface area contributed by atoms with E-state index in [9.17, 15) is 14.7 Å². The van der Waals surface area contributed by atoms with Crippen molar-refractivity contribution in [3.8, 4) is 0 Å². The first-order valence-electron chi connectivity index (χ1n) is 21.4. The van der Waals surface area contributed by atoms with Crippen LogP contribution in [0.5, 0.6) is 0 Å². The molecule has 1 atom stereocenters. The lowest BCUT2D eigenvalue weighted by molar-refractivity contribution is -0.161. The summed E-state index contributed by atoms with van der Waals surface area (Å²) in [6.07, 6.45) is 48.2. The minimum Gasteiger partial charge on any atom is -0.462 e. The molecule has 0 aliphatic carbocycles. The molecule has 0 amide bonds. The van der Waals surface area contributed by atoms with Gasteiger partial charge in [-0.15, -0.1) is 0 Å². The van der Waals surface area contributed by atoms with E-state index in [0.717, 1.165) is 44.9 Å². The second kappa shape index (κ2) is 40.8. The normalized spacial score (nSPS) is 12.3. The molecule has 1 N–H and O–H groups in total. The van der Waals surface area contributed by atoms with Crippen molar-refractivity contribution in [3.63, 3.8) is 0 Å². The van der Waals surface area contributed by atoms with Gasteiger partial charge in [0, 0.05) is 12.8 Å². The summed E-state index contributed by atoms with van der Waals surface area (Å²) in [5.74, 6) is -0.596. The van der Waals surface area contributed by atoms with E-state index in [1.165, 1.54) is 154 Å². The number of allylic oxidation sites excluding steroid dienone is 4. The van der Waals surface area contributed by atoms with E-state index in [-0.39, 0.29) is 25.2 Å². The van der Waals surface area contributed by atoms with Crippen LogP contribution in [0.25, 0.3) is 0 Å². The summed E-state index contributed by atoms with van der Waals surface area (Å²) in [4.78, 5) is 24.2. The smallest absolute Gasteiger partial charge is 0.306 e. The summed E-state index contributed by atoms with van der Waals surface area (Å²) in [6, 6.07) is 0. The van der Waals surface area contributed by atoms with Crippen molar-refractivity contribution < 1.29 is 24.2 Å². The molecule has 288 valence electrons. The van der Waals surface area contributed by atoms with Crippen molar-refractivity contribution in [2.75, 3.05) is 13.2 Å². The van der Waals surface area contributed by atoms with Gasteiger partial charge in [-0.3, -0.25) is 9.59 Å². The van der Waals surface area contributed by atoms with Crippen LogP contribution in [0.2, 0.25) is 0 Å². The molecule has 0 bridgehead atoms. The fourth-order valence-electron chi connectivity index (χ4n) is 6.19. The van der Waals surface area contributed by atoms with E-state index in [2.05, 4.69) is 38.2 Å². The zero-order valence-electron chi connectivity index (χ0n) is 32.7. The van der Waals surface area contributed by atoms with Crippen molar-refractivity contribution >= 4 is 11.9 Å². The lowest BCUT2D eigenvalue weighted by atomic mass is 10.0. The number of esters is 2. The molecule has 5 heteroatoms. The molecule has 0 saturated carbocycles. The predicted molar refractivity (Wildman–Crippen MR) is 210 cm³/mol. The van der Waals surface area contributed by atoms with Gasteiger partial charge in [0.1, 0.15) is 6.61 Å². The van der Waals surface area contributed by atoms with E-state index < -0.39 is 6.10 Å². The summed E-state index contributed by atoms with van der Waals surface area (Å²) < 4.78 is 10.6. The molecule has 0 aromatic heterocycles. The third-order valence-corrected chi connectivity index (χ3v) is 9.47. The van der Waals surface area contributed by atoms with Crippen LogP contribution in [0.4, 0.5) is 0 Å². The van der Waals surface area contributed by atoms with Crippen molar-refractivity contribution in [1.29, 1.82) is 0 Å². The van der Waals surface area contributed by atoms with Crippen molar-refractivity contribution in [3.05, 3.63) is 24.3 Å². The summed E-state index contributed by atoms with van der Waals surface area (Å²) >= 11 is 0. The maximum Gasteiger partial charge on any atom is 0.306 e. The molecule has 0 spiro atoms. The van der Waals surface area contributed by atoms with E-state index in [0.29, 0.717) is 12.8 Å². The van der Waals surface area contributed by atoms with Crippen LogP contribution < -0.4 is 0 Å². The number of unbranched alkanes of at least 4 members (excludes halogenated alkanes) is 27. The molecule has 0 saturated heterocycles. The quantitative estimate of drug-likeness (QED) is 0.0395. The third kappa shape index (κ3) is 39.0. The second-order valence-corrected chi connectivity index (χ2v) is 14.4. The van der Waals surface area contributed by atoms with Gasteiger partial charge in [-0.2, -0.15) is 0 Å². The van der Waals surface area contributed by atoms with Gasteiger partial charge >= 0.3 is 11.9 Å². The molecule has 0 aliphatic rings. The van der Waals surface area contributed by atoms with E-state index in [4.69, 9.17) is 9.47 Å². The first kappa shape index (κ1) is 47.4. The second-order valence-electron chi connectivity index (χ2n) is 14.4. The Kier molecular flexibility index (Phi) is 39.5. The topological polar surface area (TPSA) is 72.8 Å². The van der Waals surface area contributed by atoms with Crippen LogP contribution in [-0.4, -0.2) is 36.4 Å². The number of carbonyl (C=O) groups is 2. The monoisotopic (exact) mass is 691 g/mol. The maximum absolute atomic E-state index is 12.2. The zero-order valence-corrected chi connectivity index (χ0v) is 32.7. The van der Waals surface area contributed by atoms with Crippen LogP contribution in [0.15, 0.2) is 24.3 Å². The van der Waals surface area contributed by atoms with Gasteiger partial charge in [-0.05, 0) is 64.2 Å². The number of hydrogen-bond acceptors (Lipinski definition) is 5. The molecule has 0 aliphatic heterocycles. The average molecular weight is 691 g/mol. The molecule has 0 aromatic rings. The Hall–Kier alpha value is -1.62. The summed E-state index contributed by atoms with van der Waals surface area (Å²) in [6.45, 7) is 4.12. The first-order chi connectivity index (χ1) is 24.1. The number of ether oxygens (including phenoxy) is 2. The molecular weight excluding hydrogens is 608 g/mol. The Morgan fingerprint density at radius 3 is 1.14 bits per heavy atom. The molecule has 0 radical (unpaired) electrons. The molecule has 49 heavy (non-hydrogen) atoms. The molecule has 0 aromatic carbocycles. The van der Waals surface area contributed by atoms with E-state index >= 15 is 0 Å². The standard InChI is InChI=1S/C44H82O5/c1-3-5-7-9-11-13-15-17-18-19-20-21-22-23-24-25-26-27-29-31-33-35-37-39-44(47)49-42(40-45)41-48-43(46)38-36-34-32-30-28-16-14-12-10-8-6-4-2/h12,14,19-20,42,45H,3-11,13,15-18,21-41H2,1-2H3/b14-12-,20-19-. The minimum atomic E-state index is -0.771. The van der Waals surface area contributed by atoms with Gasteiger partial charge in [-0.1, -0.05) is 173 Å². The molecule has 0 rings (SSSR count). The van der Waals surface area contributed by atoms with Gasteiger partial charge in [-0.25, -0.2) is 0 Å². The fraction of sp³-hybridized carbons (Fsp3) is 0.864. The highest BCUT2D eigenvalue weighted by Crippen LogP contribution is 2.14. The highest BCUT2D eigenvalue weighted by molar-refractivity contribution is 5.70. The van der Waals surface area contributed by atoms with Crippen LogP contribution in [0, 0.1) is 0 Å². The van der Waals surface area contributed by atoms with Crippen LogP contribution >= 0.6 is 0 Å². The Labute approximate surface area is 304 Å². The van der Waals surface area contributed by atoms with Gasteiger partial charge in [0.25, 0.3) is 0 Å². The summed E-state index contributed by atoms with van der Waals surface area (Å²) in [5, 5.41) is 9.56. The lowest BCUT2D eigenvalue weighted by Crippen LogP contribution is -2.28. The van der Waals surface area contributed by atoms with Crippen LogP contribution in [-0.2, 0) is 19.1 Å². The van der Waals surface area contributed by atoms with E-state index in [1.807, 2.05) is 0 Å². The average Bonchev–Trinajstić information content (AvgIpc) is 3.10. The number of aliphatic hydroxyl groups is 1. The minimum absolute atomic E-state index is 0.0673. The fourth-order valence-corrected chi connectivity index (χ4v) is 6.19. The number of carbonyl (C=O) groups excluding carboxylic acids is 2. The lowest BCUT2D eigenvalue weighted by Gasteiger charge is -2.15. The molecule has 5 nitrogen and oxygen atoms in total. The third-order valence-electron chi connectivity index (χ3n) is 9.47. The van der Waals surface area contributed by atoms with Crippen molar-refractivity contribution in [1.82, 2.24) is 0 Å². The number of hydrogen-bond donors (Lipinski definition) is 1. The van der Waals surface area contributed by atoms with Gasteiger partial charge < -0.3 is 14.6 Å². The Bertz CT molecular complexity index is 746. The summed E-state index contributed by atoms with van der Waals surface area (Å²) in [7, 11) is 0. The van der Waals surface area contributed by atoms with Crippen molar-refractivity contribution in [2.45, 2.75) is 232 Å². The predicted octanol–water partition coefficient (Wildman–Crippen LogP) is 13.5. The number of aliphatic hydroxyl groups excluding tert-OH is 1. The summed E-state index contributed by atoms with van der Waals surface area (Å²) in [5.41, 5.74) is 0. The first-order valence-corrected chi connectivity index (χ1v) is 21.4. The van der Waals surface area contributed by atoms with Gasteiger partial charge in [0.15, 0.2) is 6.10 Å². The highest BCUT2D eigenvalue weighted by atomic mass is 16.6. The van der Waals surface area contributed by atoms with E-state index in [1.54, 1.807) is 0 Å². The van der Waals surface area contributed by atoms with Crippen molar-refractivity contribution in [2.24, 2.45) is 0 Å². The largest absolute Gasteiger partial charge is 0.462 e. The van der Waals surface area contributed by atoms with Crippen LogP contribution in [0.3, 0.4) is 0 Å². The molecule has 0 fully saturated rings. The Morgan fingerprint density at radius 1 is 0.449 bits per heavy atom. The molecular formula is C44H82O5. The van der Waals surface area contributed by atoms with Gasteiger partial charge in [0.2, 0.25) is 0 Å².